The standard InChI is InChI=1S/C15H21BrN4O/c1-4-20-14(15(16)11(3)19-20)9-21-13-6-5-12(18-8-13)7-10(2)17/h5-6,8,10H,4,7,9,17H2,1-3H3. The minimum absolute atomic E-state index is 0.113. The van der Waals surface area contributed by atoms with Crippen LogP contribution in [0.5, 0.6) is 5.75 Å². The van der Waals surface area contributed by atoms with Crippen molar-refractivity contribution in [3.63, 3.8) is 0 Å². The molecular weight excluding hydrogens is 332 g/mol. The van der Waals surface area contributed by atoms with E-state index < -0.39 is 0 Å². The van der Waals surface area contributed by atoms with Crippen LogP contribution in [0, 0.1) is 6.92 Å². The van der Waals surface area contributed by atoms with E-state index in [2.05, 4.69) is 32.9 Å². The average Bonchev–Trinajstić information content (AvgIpc) is 2.73. The fourth-order valence-corrected chi connectivity index (χ4v) is 2.50. The molecule has 2 heterocycles. The molecule has 0 radical (unpaired) electrons. The number of aromatic nitrogens is 3. The van der Waals surface area contributed by atoms with Crippen molar-refractivity contribution in [2.75, 3.05) is 0 Å². The van der Waals surface area contributed by atoms with Crippen LogP contribution < -0.4 is 10.5 Å². The Morgan fingerprint density at radius 3 is 2.76 bits per heavy atom. The van der Waals surface area contributed by atoms with Gasteiger partial charge in [0.05, 0.1) is 22.1 Å². The highest BCUT2D eigenvalue weighted by Gasteiger charge is 2.12. The highest BCUT2D eigenvalue weighted by atomic mass is 79.9. The van der Waals surface area contributed by atoms with Crippen LogP contribution in [0.15, 0.2) is 22.8 Å². The smallest absolute Gasteiger partial charge is 0.138 e. The first-order valence-electron chi connectivity index (χ1n) is 7.06. The summed E-state index contributed by atoms with van der Waals surface area (Å²) < 4.78 is 8.75. The minimum atomic E-state index is 0.113. The molecular formula is C15H21BrN4O. The molecule has 0 saturated heterocycles. The Morgan fingerprint density at radius 2 is 2.19 bits per heavy atom. The molecule has 0 aliphatic carbocycles. The summed E-state index contributed by atoms with van der Waals surface area (Å²) in [6.45, 7) is 7.29. The largest absolute Gasteiger partial charge is 0.486 e. The lowest BCUT2D eigenvalue weighted by Crippen LogP contribution is -2.18. The number of halogens is 1. The molecule has 0 amide bonds. The van der Waals surface area contributed by atoms with Gasteiger partial charge in [-0.1, -0.05) is 0 Å². The molecule has 114 valence electrons. The molecule has 0 aliphatic rings. The second-order valence-electron chi connectivity index (χ2n) is 5.12. The van der Waals surface area contributed by atoms with E-state index in [-0.39, 0.29) is 6.04 Å². The van der Waals surface area contributed by atoms with Gasteiger partial charge in [-0.3, -0.25) is 9.67 Å². The van der Waals surface area contributed by atoms with Gasteiger partial charge in [0.1, 0.15) is 12.4 Å². The summed E-state index contributed by atoms with van der Waals surface area (Å²) in [7, 11) is 0. The van der Waals surface area contributed by atoms with Gasteiger partial charge in [-0.2, -0.15) is 5.10 Å². The molecule has 5 nitrogen and oxygen atoms in total. The maximum atomic E-state index is 5.80. The first-order valence-corrected chi connectivity index (χ1v) is 7.85. The van der Waals surface area contributed by atoms with Crippen LogP contribution in [0.1, 0.15) is 30.9 Å². The number of rotatable bonds is 6. The van der Waals surface area contributed by atoms with Crippen molar-refractivity contribution in [2.45, 2.75) is 46.4 Å². The lowest BCUT2D eigenvalue weighted by molar-refractivity contribution is 0.290. The van der Waals surface area contributed by atoms with Gasteiger partial charge in [-0.05, 0) is 48.8 Å². The first kappa shape index (κ1) is 16.0. The quantitative estimate of drug-likeness (QED) is 0.867. The molecule has 0 spiro atoms. The van der Waals surface area contributed by atoms with Crippen LogP contribution in [-0.2, 0) is 19.6 Å². The van der Waals surface area contributed by atoms with Crippen molar-refractivity contribution in [2.24, 2.45) is 5.73 Å². The molecule has 0 fully saturated rings. The van der Waals surface area contributed by atoms with Gasteiger partial charge < -0.3 is 10.5 Å². The van der Waals surface area contributed by atoms with Crippen molar-refractivity contribution < 1.29 is 4.74 Å². The zero-order valence-electron chi connectivity index (χ0n) is 12.6. The fourth-order valence-electron chi connectivity index (χ4n) is 2.11. The van der Waals surface area contributed by atoms with Gasteiger partial charge >= 0.3 is 0 Å². The van der Waals surface area contributed by atoms with E-state index in [1.165, 1.54) is 0 Å². The maximum absolute atomic E-state index is 5.80. The Kier molecular flexibility index (Phi) is 5.36. The molecule has 0 bridgehead atoms. The first-order chi connectivity index (χ1) is 10.0. The van der Waals surface area contributed by atoms with Crippen molar-refractivity contribution in [1.82, 2.24) is 14.8 Å². The van der Waals surface area contributed by atoms with Gasteiger partial charge in [0.2, 0.25) is 0 Å². The summed E-state index contributed by atoms with van der Waals surface area (Å²) >= 11 is 3.56. The molecule has 6 heteroatoms. The van der Waals surface area contributed by atoms with E-state index >= 15 is 0 Å². The van der Waals surface area contributed by atoms with Crippen molar-refractivity contribution in [1.29, 1.82) is 0 Å². The summed E-state index contributed by atoms with van der Waals surface area (Å²) in [5.41, 5.74) is 8.75. The Hall–Kier alpha value is -1.40. The fraction of sp³-hybridized carbons (Fsp3) is 0.467. The second-order valence-corrected chi connectivity index (χ2v) is 5.91. The van der Waals surface area contributed by atoms with Gasteiger partial charge in [0.25, 0.3) is 0 Å². The number of aryl methyl sites for hydroxylation is 2. The molecule has 1 unspecified atom stereocenters. The van der Waals surface area contributed by atoms with Crippen molar-refractivity contribution >= 4 is 15.9 Å². The second kappa shape index (κ2) is 7.04. The predicted octanol–water partition coefficient (Wildman–Crippen LogP) is 2.84. The molecule has 2 rings (SSSR count). The molecule has 2 N–H and O–H groups in total. The number of nitrogens with two attached hydrogens (primary N) is 1. The highest BCUT2D eigenvalue weighted by molar-refractivity contribution is 9.10. The molecule has 21 heavy (non-hydrogen) atoms. The number of nitrogens with zero attached hydrogens (tertiary/aromatic N) is 3. The number of ether oxygens (including phenoxy) is 1. The van der Waals surface area contributed by atoms with Gasteiger partial charge in [0, 0.05) is 24.7 Å². The normalized spacial score (nSPS) is 12.4. The third kappa shape index (κ3) is 4.04. The van der Waals surface area contributed by atoms with Gasteiger partial charge in [-0.25, -0.2) is 0 Å². The summed E-state index contributed by atoms with van der Waals surface area (Å²) in [4.78, 5) is 4.36. The van der Waals surface area contributed by atoms with Crippen LogP contribution in [0.25, 0.3) is 0 Å². The van der Waals surface area contributed by atoms with Crippen LogP contribution in [0.4, 0.5) is 0 Å². The summed E-state index contributed by atoms with van der Waals surface area (Å²) in [6, 6.07) is 4.00. The van der Waals surface area contributed by atoms with E-state index in [0.29, 0.717) is 6.61 Å². The molecule has 0 aliphatic heterocycles. The highest BCUT2D eigenvalue weighted by Crippen LogP contribution is 2.22. The van der Waals surface area contributed by atoms with Crippen molar-refractivity contribution in [3.8, 4) is 5.75 Å². The third-order valence-electron chi connectivity index (χ3n) is 3.16. The topological polar surface area (TPSA) is 66.0 Å². The lowest BCUT2D eigenvalue weighted by Gasteiger charge is -2.09. The zero-order valence-corrected chi connectivity index (χ0v) is 14.2. The number of hydrogen-bond acceptors (Lipinski definition) is 4. The minimum Gasteiger partial charge on any atom is -0.486 e. The van der Waals surface area contributed by atoms with E-state index in [4.69, 9.17) is 10.5 Å². The third-order valence-corrected chi connectivity index (χ3v) is 4.19. The van der Waals surface area contributed by atoms with Crippen LogP contribution >= 0.6 is 15.9 Å². The van der Waals surface area contributed by atoms with Crippen molar-refractivity contribution in [3.05, 3.63) is 39.9 Å². The summed E-state index contributed by atoms with van der Waals surface area (Å²) in [6.07, 6.45) is 2.51. The molecule has 2 aromatic heterocycles. The van der Waals surface area contributed by atoms with Gasteiger partial charge in [0.15, 0.2) is 0 Å². The predicted molar refractivity (Wildman–Crippen MR) is 86.3 cm³/mol. The van der Waals surface area contributed by atoms with E-state index in [9.17, 15) is 0 Å². The van der Waals surface area contributed by atoms with E-state index in [1.54, 1.807) is 6.20 Å². The maximum Gasteiger partial charge on any atom is 0.138 e. The summed E-state index contributed by atoms with van der Waals surface area (Å²) in [5.74, 6) is 0.747. The Balaban J connectivity index is 2.03. The zero-order chi connectivity index (χ0) is 15.4. The van der Waals surface area contributed by atoms with E-state index in [1.807, 2.05) is 30.7 Å². The molecule has 0 saturated carbocycles. The Labute approximate surface area is 133 Å². The molecule has 1 atom stereocenters. The summed E-state index contributed by atoms with van der Waals surface area (Å²) in [5, 5.41) is 4.45. The average molecular weight is 353 g/mol. The van der Waals surface area contributed by atoms with Crippen LogP contribution in [0.2, 0.25) is 0 Å². The van der Waals surface area contributed by atoms with Gasteiger partial charge in [-0.15, -0.1) is 0 Å². The van der Waals surface area contributed by atoms with E-state index in [0.717, 1.165) is 40.3 Å². The number of pyridine rings is 1. The number of hydrogen-bond donors (Lipinski definition) is 1. The lowest BCUT2D eigenvalue weighted by atomic mass is 10.2. The SMILES string of the molecule is CCn1nc(C)c(Br)c1COc1ccc(CC(C)N)nc1. The van der Waals surface area contributed by atoms with Crippen LogP contribution in [0.3, 0.4) is 0 Å². The Bertz CT molecular complexity index is 592. The van der Waals surface area contributed by atoms with Crippen LogP contribution in [-0.4, -0.2) is 20.8 Å². The molecule has 2 aromatic rings. The monoisotopic (exact) mass is 352 g/mol. The molecule has 0 aromatic carbocycles. The Morgan fingerprint density at radius 1 is 1.43 bits per heavy atom.